The van der Waals surface area contributed by atoms with Crippen molar-refractivity contribution in [3.05, 3.63) is 59.7 Å². The van der Waals surface area contributed by atoms with E-state index in [9.17, 15) is 4.79 Å². The van der Waals surface area contributed by atoms with Gasteiger partial charge >= 0.3 is 0 Å². The second-order valence-electron chi connectivity index (χ2n) is 6.50. The summed E-state index contributed by atoms with van der Waals surface area (Å²) < 4.78 is 5.37. The van der Waals surface area contributed by atoms with Gasteiger partial charge in [0.25, 0.3) is 5.91 Å². The van der Waals surface area contributed by atoms with Crippen LogP contribution in [0, 0.1) is 0 Å². The SMILES string of the molecule is O=C(Nc1ccc(C2CC2)cc1)c1ccc(N2CCOCC2)cc1. The first-order valence-electron chi connectivity index (χ1n) is 8.64. The van der Waals surface area contributed by atoms with Crippen LogP contribution < -0.4 is 10.2 Å². The van der Waals surface area contributed by atoms with Crippen LogP contribution in [0.2, 0.25) is 0 Å². The van der Waals surface area contributed by atoms with Crippen molar-refractivity contribution in [2.24, 2.45) is 0 Å². The number of carbonyl (C=O) groups is 1. The van der Waals surface area contributed by atoms with Gasteiger partial charge in [-0.3, -0.25) is 4.79 Å². The Labute approximate surface area is 142 Å². The molecule has 0 spiro atoms. The quantitative estimate of drug-likeness (QED) is 0.934. The lowest BCUT2D eigenvalue weighted by atomic mass is 10.1. The van der Waals surface area contributed by atoms with Gasteiger partial charge < -0.3 is 15.0 Å². The van der Waals surface area contributed by atoms with Crippen molar-refractivity contribution in [1.82, 2.24) is 0 Å². The molecule has 2 aromatic rings. The molecule has 0 atom stereocenters. The number of nitrogens with one attached hydrogen (secondary N) is 1. The van der Waals surface area contributed by atoms with Gasteiger partial charge in [-0.2, -0.15) is 0 Å². The maximum Gasteiger partial charge on any atom is 0.255 e. The van der Waals surface area contributed by atoms with Gasteiger partial charge in [-0.15, -0.1) is 0 Å². The molecule has 2 aliphatic rings. The van der Waals surface area contributed by atoms with E-state index < -0.39 is 0 Å². The molecule has 1 heterocycles. The van der Waals surface area contributed by atoms with Crippen molar-refractivity contribution in [2.75, 3.05) is 36.5 Å². The van der Waals surface area contributed by atoms with Crippen molar-refractivity contribution in [3.63, 3.8) is 0 Å². The summed E-state index contributed by atoms with van der Waals surface area (Å²) in [5.41, 5.74) is 4.05. The molecule has 2 aromatic carbocycles. The molecule has 0 unspecified atom stereocenters. The zero-order valence-electron chi connectivity index (χ0n) is 13.7. The van der Waals surface area contributed by atoms with Gasteiger partial charge in [0.2, 0.25) is 0 Å². The van der Waals surface area contributed by atoms with Crippen LogP contribution in [-0.2, 0) is 4.74 Å². The topological polar surface area (TPSA) is 41.6 Å². The molecule has 1 N–H and O–H groups in total. The third-order valence-electron chi connectivity index (χ3n) is 4.72. The van der Waals surface area contributed by atoms with E-state index in [1.807, 2.05) is 36.4 Å². The number of benzene rings is 2. The Morgan fingerprint density at radius 1 is 0.958 bits per heavy atom. The number of ether oxygens (including phenoxy) is 1. The minimum Gasteiger partial charge on any atom is -0.378 e. The predicted molar refractivity (Wildman–Crippen MR) is 95.8 cm³/mol. The smallest absolute Gasteiger partial charge is 0.255 e. The van der Waals surface area contributed by atoms with Crippen LogP contribution in [0.25, 0.3) is 0 Å². The Morgan fingerprint density at radius 2 is 1.62 bits per heavy atom. The van der Waals surface area contributed by atoms with Crippen LogP contribution in [0.1, 0.15) is 34.7 Å². The highest BCUT2D eigenvalue weighted by atomic mass is 16.5. The van der Waals surface area contributed by atoms with E-state index in [2.05, 4.69) is 22.3 Å². The summed E-state index contributed by atoms with van der Waals surface area (Å²) in [5.74, 6) is 0.671. The molecule has 1 aliphatic carbocycles. The summed E-state index contributed by atoms with van der Waals surface area (Å²) in [6, 6.07) is 16.0. The van der Waals surface area contributed by atoms with E-state index in [1.165, 1.54) is 18.4 Å². The highest BCUT2D eigenvalue weighted by Crippen LogP contribution is 2.40. The van der Waals surface area contributed by atoms with Crippen molar-refractivity contribution in [1.29, 1.82) is 0 Å². The highest BCUT2D eigenvalue weighted by Gasteiger charge is 2.23. The molecule has 124 valence electrons. The maximum absolute atomic E-state index is 12.4. The minimum atomic E-state index is -0.0669. The fourth-order valence-electron chi connectivity index (χ4n) is 3.10. The van der Waals surface area contributed by atoms with Crippen molar-refractivity contribution < 1.29 is 9.53 Å². The number of morpholine rings is 1. The van der Waals surface area contributed by atoms with E-state index in [0.29, 0.717) is 5.56 Å². The zero-order valence-corrected chi connectivity index (χ0v) is 13.7. The molecule has 0 aromatic heterocycles. The highest BCUT2D eigenvalue weighted by molar-refractivity contribution is 6.04. The average molecular weight is 322 g/mol. The molecule has 24 heavy (non-hydrogen) atoms. The maximum atomic E-state index is 12.4. The molecule has 1 aliphatic heterocycles. The molecule has 1 amide bonds. The molecule has 0 bridgehead atoms. The first kappa shape index (κ1) is 15.2. The normalized spacial score (nSPS) is 17.6. The number of nitrogens with zero attached hydrogens (tertiary/aromatic N) is 1. The fraction of sp³-hybridized carbons (Fsp3) is 0.350. The average Bonchev–Trinajstić information content (AvgIpc) is 3.48. The Hall–Kier alpha value is -2.33. The van der Waals surface area contributed by atoms with Crippen molar-refractivity contribution in [3.8, 4) is 0 Å². The van der Waals surface area contributed by atoms with Crippen LogP contribution >= 0.6 is 0 Å². The van der Waals surface area contributed by atoms with E-state index in [1.54, 1.807) is 0 Å². The molecule has 0 radical (unpaired) electrons. The van der Waals surface area contributed by atoms with Gasteiger partial charge in [0.15, 0.2) is 0 Å². The second kappa shape index (κ2) is 6.65. The van der Waals surface area contributed by atoms with Gasteiger partial charge in [-0.25, -0.2) is 0 Å². The van der Waals surface area contributed by atoms with E-state index in [4.69, 9.17) is 4.74 Å². The summed E-state index contributed by atoms with van der Waals surface area (Å²) in [6.07, 6.45) is 2.59. The molecule has 1 saturated heterocycles. The summed E-state index contributed by atoms with van der Waals surface area (Å²) in [5, 5.41) is 2.97. The first-order valence-corrected chi connectivity index (χ1v) is 8.64. The summed E-state index contributed by atoms with van der Waals surface area (Å²) >= 11 is 0. The van der Waals surface area contributed by atoms with Crippen molar-refractivity contribution in [2.45, 2.75) is 18.8 Å². The third-order valence-corrected chi connectivity index (χ3v) is 4.72. The molecule has 1 saturated carbocycles. The fourth-order valence-corrected chi connectivity index (χ4v) is 3.10. The summed E-state index contributed by atoms with van der Waals surface area (Å²) in [7, 11) is 0. The van der Waals surface area contributed by atoms with E-state index in [-0.39, 0.29) is 5.91 Å². The number of rotatable bonds is 4. The number of carbonyl (C=O) groups excluding carboxylic acids is 1. The molecular formula is C20H22N2O2. The van der Waals surface area contributed by atoms with Crippen LogP contribution in [0.3, 0.4) is 0 Å². The summed E-state index contributed by atoms with van der Waals surface area (Å²) in [4.78, 5) is 14.7. The van der Waals surface area contributed by atoms with E-state index in [0.717, 1.165) is 43.6 Å². The molecule has 4 rings (SSSR count). The Bertz CT molecular complexity index is 699. The lowest BCUT2D eigenvalue weighted by molar-refractivity contribution is 0.102. The van der Waals surface area contributed by atoms with Gasteiger partial charge in [-0.05, 0) is 60.7 Å². The lowest BCUT2D eigenvalue weighted by Crippen LogP contribution is -2.36. The summed E-state index contributed by atoms with van der Waals surface area (Å²) in [6.45, 7) is 3.33. The monoisotopic (exact) mass is 322 g/mol. The largest absolute Gasteiger partial charge is 0.378 e. The number of amides is 1. The number of anilines is 2. The van der Waals surface area contributed by atoms with Crippen LogP contribution in [0.15, 0.2) is 48.5 Å². The zero-order chi connectivity index (χ0) is 16.4. The van der Waals surface area contributed by atoms with Gasteiger partial charge in [-0.1, -0.05) is 12.1 Å². The standard InChI is InChI=1S/C20H22N2O2/c23-20(21-18-7-3-16(4-8-18)15-1-2-15)17-5-9-19(10-6-17)22-11-13-24-14-12-22/h3-10,15H,1-2,11-14H2,(H,21,23). The Kier molecular flexibility index (Phi) is 4.22. The first-order chi connectivity index (χ1) is 11.8. The van der Waals surface area contributed by atoms with Crippen LogP contribution in [-0.4, -0.2) is 32.2 Å². The second-order valence-corrected chi connectivity index (χ2v) is 6.50. The van der Waals surface area contributed by atoms with Crippen molar-refractivity contribution >= 4 is 17.3 Å². The number of hydrogen-bond acceptors (Lipinski definition) is 3. The Balaban J connectivity index is 1.40. The number of hydrogen-bond donors (Lipinski definition) is 1. The minimum absolute atomic E-state index is 0.0669. The Morgan fingerprint density at radius 3 is 2.25 bits per heavy atom. The van der Waals surface area contributed by atoms with Crippen LogP contribution in [0.5, 0.6) is 0 Å². The predicted octanol–water partition coefficient (Wildman–Crippen LogP) is 3.65. The molecule has 4 heteroatoms. The molecule has 2 fully saturated rings. The lowest BCUT2D eigenvalue weighted by Gasteiger charge is -2.28. The van der Waals surface area contributed by atoms with Gasteiger partial charge in [0.1, 0.15) is 0 Å². The third kappa shape index (κ3) is 3.44. The van der Waals surface area contributed by atoms with E-state index >= 15 is 0 Å². The molecule has 4 nitrogen and oxygen atoms in total. The molecular weight excluding hydrogens is 300 g/mol. The van der Waals surface area contributed by atoms with Gasteiger partial charge in [0, 0.05) is 30.0 Å². The van der Waals surface area contributed by atoms with Gasteiger partial charge in [0.05, 0.1) is 13.2 Å². The van der Waals surface area contributed by atoms with Crippen LogP contribution in [0.4, 0.5) is 11.4 Å².